The third-order valence-corrected chi connectivity index (χ3v) is 5.76. The highest BCUT2D eigenvalue weighted by atomic mass is 35.5. The van der Waals surface area contributed by atoms with Crippen LogP contribution in [0.1, 0.15) is 28.6 Å². The molecule has 1 aromatic heterocycles. The Labute approximate surface area is 174 Å². The second-order valence-electron chi connectivity index (χ2n) is 7.01. The van der Waals surface area contributed by atoms with E-state index in [1.165, 1.54) is 11.1 Å². The van der Waals surface area contributed by atoms with E-state index in [2.05, 4.69) is 29.6 Å². The summed E-state index contributed by atoms with van der Waals surface area (Å²) in [7, 11) is 1.75. The molecule has 0 fully saturated rings. The number of aromatic nitrogens is 2. The lowest BCUT2D eigenvalue weighted by atomic mass is 10.1. The van der Waals surface area contributed by atoms with Crippen molar-refractivity contribution in [2.24, 2.45) is 0 Å². The Hall–Kier alpha value is -2.14. The molecular weight excluding hydrogens is 393 g/mol. The number of ether oxygens (including phenoxy) is 1. The molecule has 2 atom stereocenters. The molecule has 4 nitrogen and oxygen atoms in total. The Morgan fingerprint density at radius 3 is 2.57 bits per heavy atom. The SMILES string of the molecule is COC1Cc2ccccc2C1Nc1nc(C)c(-c2ccc(Cl)cc2Cl)nc1C. The van der Waals surface area contributed by atoms with Crippen molar-refractivity contribution in [3.05, 3.63) is 75.0 Å². The van der Waals surface area contributed by atoms with Crippen molar-refractivity contribution < 1.29 is 4.74 Å². The van der Waals surface area contributed by atoms with Gasteiger partial charge < -0.3 is 10.1 Å². The predicted molar refractivity (Wildman–Crippen MR) is 114 cm³/mol. The van der Waals surface area contributed by atoms with E-state index in [0.717, 1.165) is 34.9 Å². The number of hydrogen-bond donors (Lipinski definition) is 1. The maximum absolute atomic E-state index is 6.38. The molecule has 3 aromatic rings. The van der Waals surface area contributed by atoms with Gasteiger partial charge in [-0.05, 0) is 43.2 Å². The number of hydrogen-bond acceptors (Lipinski definition) is 4. The lowest BCUT2D eigenvalue weighted by Gasteiger charge is -2.23. The van der Waals surface area contributed by atoms with E-state index < -0.39 is 0 Å². The molecule has 0 radical (unpaired) electrons. The number of halogens is 2. The predicted octanol–water partition coefficient (Wildman–Crippen LogP) is 5.79. The summed E-state index contributed by atoms with van der Waals surface area (Å²) in [5.41, 5.74) is 5.76. The van der Waals surface area contributed by atoms with Crippen molar-refractivity contribution in [2.75, 3.05) is 12.4 Å². The van der Waals surface area contributed by atoms with Crippen LogP contribution in [0.4, 0.5) is 5.82 Å². The van der Waals surface area contributed by atoms with Gasteiger partial charge in [0.2, 0.25) is 0 Å². The summed E-state index contributed by atoms with van der Waals surface area (Å²) >= 11 is 12.4. The first-order valence-corrected chi connectivity index (χ1v) is 9.91. The molecule has 4 rings (SSSR count). The highest BCUT2D eigenvalue weighted by Crippen LogP contribution is 2.37. The van der Waals surface area contributed by atoms with E-state index in [1.807, 2.05) is 26.0 Å². The van der Waals surface area contributed by atoms with Crippen molar-refractivity contribution in [1.82, 2.24) is 9.97 Å². The molecule has 0 bridgehead atoms. The number of nitrogens with zero attached hydrogens (tertiary/aromatic N) is 2. The largest absolute Gasteiger partial charge is 0.379 e. The Kier molecular flexibility index (Phi) is 5.28. The number of nitrogens with one attached hydrogen (secondary N) is 1. The van der Waals surface area contributed by atoms with E-state index >= 15 is 0 Å². The number of methoxy groups -OCH3 is 1. The van der Waals surface area contributed by atoms with Gasteiger partial charge in [0, 0.05) is 24.1 Å². The smallest absolute Gasteiger partial charge is 0.148 e. The molecule has 0 saturated carbocycles. The van der Waals surface area contributed by atoms with Crippen LogP contribution in [0.5, 0.6) is 0 Å². The standard InChI is InChI=1S/C22H21Cl2N3O/c1-12-20(17-9-8-15(23)11-18(17)24)25-13(2)22(26-12)27-21-16-7-5-4-6-14(16)10-19(21)28-3/h4-9,11,19,21H,10H2,1-3H3,(H,26,27). The van der Waals surface area contributed by atoms with E-state index in [-0.39, 0.29) is 12.1 Å². The van der Waals surface area contributed by atoms with Crippen molar-refractivity contribution in [1.29, 1.82) is 0 Å². The van der Waals surface area contributed by atoms with Gasteiger partial charge in [0.25, 0.3) is 0 Å². The summed E-state index contributed by atoms with van der Waals surface area (Å²) in [6.07, 6.45) is 0.943. The van der Waals surface area contributed by atoms with Gasteiger partial charge >= 0.3 is 0 Å². The molecule has 1 aliphatic rings. The van der Waals surface area contributed by atoms with E-state index in [1.54, 1.807) is 13.2 Å². The van der Waals surface area contributed by atoms with Crippen LogP contribution in [-0.2, 0) is 11.2 Å². The molecule has 1 N–H and O–H groups in total. The van der Waals surface area contributed by atoms with E-state index in [0.29, 0.717) is 10.0 Å². The summed E-state index contributed by atoms with van der Waals surface area (Å²) in [5, 5.41) is 4.72. The Balaban J connectivity index is 1.69. The van der Waals surface area contributed by atoms with Crippen LogP contribution in [-0.4, -0.2) is 23.2 Å². The first-order chi connectivity index (χ1) is 13.5. The monoisotopic (exact) mass is 413 g/mol. The molecule has 28 heavy (non-hydrogen) atoms. The molecule has 144 valence electrons. The first kappa shape index (κ1) is 19.2. The minimum atomic E-state index is 0.0403. The van der Waals surface area contributed by atoms with Crippen LogP contribution < -0.4 is 5.32 Å². The van der Waals surface area contributed by atoms with Crippen molar-refractivity contribution in [3.63, 3.8) is 0 Å². The number of anilines is 1. The van der Waals surface area contributed by atoms with Gasteiger partial charge in [-0.2, -0.15) is 0 Å². The van der Waals surface area contributed by atoms with Crippen LogP contribution in [0.15, 0.2) is 42.5 Å². The fourth-order valence-corrected chi connectivity index (χ4v) is 4.27. The van der Waals surface area contributed by atoms with Crippen LogP contribution in [0.2, 0.25) is 10.0 Å². The number of fused-ring (bicyclic) bond motifs is 1. The van der Waals surface area contributed by atoms with Crippen LogP contribution in [0, 0.1) is 13.8 Å². The fraction of sp³-hybridized carbons (Fsp3) is 0.273. The number of benzene rings is 2. The minimum Gasteiger partial charge on any atom is -0.379 e. The normalized spacial score (nSPS) is 18.2. The fourth-order valence-electron chi connectivity index (χ4n) is 3.77. The molecule has 0 amide bonds. The van der Waals surface area contributed by atoms with Crippen molar-refractivity contribution >= 4 is 29.0 Å². The topological polar surface area (TPSA) is 47.0 Å². The summed E-state index contributed by atoms with van der Waals surface area (Å²) in [6.45, 7) is 3.89. The van der Waals surface area contributed by atoms with Gasteiger partial charge in [0.1, 0.15) is 5.82 Å². The average Bonchev–Trinajstić information content (AvgIpc) is 3.02. The zero-order chi connectivity index (χ0) is 19.8. The minimum absolute atomic E-state index is 0.0403. The summed E-state index contributed by atoms with van der Waals surface area (Å²) in [6, 6.07) is 13.9. The zero-order valence-corrected chi connectivity index (χ0v) is 17.5. The van der Waals surface area contributed by atoms with Crippen LogP contribution in [0.3, 0.4) is 0 Å². The molecule has 0 saturated heterocycles. The second kappa shape index (κ2) is 7.70. The quantitative estimate of drug-likeness (QED) is 0.587. The van der Waals surface area contributed by atoms with Gasteiger partial charge in [-0.15, -0.1) is 0 Å². The van der Waals surface area contributed by atoms with Gasteiger partial charge in [0.15, 0.2) is 0 Å². The Morgan fingerprint density at radius 2 is 1.82 bits per heavy atom. The molecule has 0 aliphatic heterocycles. The van der Waals surface area contributed by atoms with Gasteiger partial charge in [-0.3, -0.25) is 0 Å². The van der Waals surface area contributed by atoms with E-state index in [4.69, 9.17) is 37.9 Å². The number of aryl methyl sites for hydroxylation is 2. The lowest BCUT2D eigenvalue weighted by Crippen LogP contribution is -2.24. The molecular formula is C22H21Cl2N3O. The first-order valence-electron chi connectivity index (χ1n) is 9.15. The number of rotatable bonds is 4. The third kappa shape index (κ3) is 3.48. The zero-order valence-electron chi connectivity index (χ0n) is 16.0. The second-order valence-corrected chi connectivity index (χ2v) is 7.86. The summed E-state index contributed by atoms with van der Waals surface area (Å²) in [5.74, 6) is 0.759. The molecule has 0 spiro atoms. The Morgan fingerprint density at radius 1 is 1.04 bits per heavy atom. The summed E-state index contributed by atoms with van der Waals surface area (Å²) in [4.78, 5) is 9.59. The summed E-state index contributed by atoms with van der Waals surface area (Å²) < 4.78 is 5.73. The molecule has 6 heteroatoms. The maximum Gasteiger partial charge on any atom is 0.148 e. The average molecular weight is 414 g/mol. The van der Waals surface area contributed by atoms with E-state index in [9.17, 15) is 0 Å². The molecule has 1 aliphatic carbocycles. The van der Waals surface area contributed by atoms with Crippen LogP contribution >= 0.6 is 23.2 Å². The van der Waals surface area contributed by atoms with Crippen molar-refractivity contribution in [3.8, 4) is 11.3 Å². The maximum atomic E-state index is 6.38. The molecule has 1 heterocycles. The van der Waals surface area contributed by atoms with Gasteiger partial charge in [0.05, 0.1) is 34.3 Å². The highest BCUT2D eigenvalue weighted by molar-refractivity contribution is 6.36. The van der Waals surface area contributed by atoms with Crippen molar-refractivity contribution in [2.45, 2.75) is 32.4 Å². The molecule has 2 unspecified atom stereocenters. The van der Waals surface area contributed by atoms with Gasteiger partial charge in [-0.25, -0.2) is 9.97 Å². The van der Waals surface area contributed by atoms with Crippen LogP contribution in [0.25, 0.3) is 11.3 Å². The Bertz CT molecular complexity index is 1040. The molecule has 2 aromatic carbocycles. The highest BCUT2D eigenvalue weighted by Gasteiger charge is 2.33. The van der Waals surface area contributed by atoms with Gasteiger partial charge in [-0.1, -0.05) is 47.5 Å². The third-order valence-electron chi connectivity index (χ3n) is 5.21. The lowest BCUT2D eigenvalue weighted by molar-refractivity contribution is 0.0959.